The standard InChI is InChI=1S/C15H22N2O2/c1-11-4-5-12(13(8-11)19-2)17-14(18)9-15(10-16)6-3-7-15/h4-5,8H,3,6-7,9-10,16H2,1-2H3,(H,17,18). The number of benzene rings is 1. The van der Waals surface area contributed by atoms with E-state index in [1.807, 2.05) is 25.1 Å². The van der Waals surface area contributed by atoms with Crippen molar-refractivity contribution in [2.45, 2.75) is 32.6 Å². The van der Waals surface area contributed by atoms with Gasteiger partial charge >= 0.3 is 0 Å². The number of rotatable bonds is 5. The van der Waals surface area contributed by atoms with E-state index < -0.39 is 0 Å². The van der Waals surface area contributed by atoms with Crippen LogP contribution in [0.4, 0.5) is 5.69 Å². The van der Waals surface area contributed by atoms with Gasteiger partial charge in [0.05, 0.1) is 12.8 Å². The number of ether oxygens (including phenoxy) is 1. The molecule has 0 bridgehead atoms. The Morgan fingerprint density at radius 2 is 2.21 bits per heavy atom. The van der Waals surface area contributed by atoms with Crippen molar-refractivity contribution in [1.29, 1.82) is 0 Å². The predicted octanol–water partition coefficient (Wildman–Crippen LogP) is 2.46. The first kappa shape index (κ1) is 13.9. The van der Waals surface area contributed by atoms with Crippen LogP contribution >= 0.6 is 0 Å². The Morgan fingerprint density at radius 3 is 2.74 bits per heavy atom. The average Bonchev–Trinajstić information content (AvgIpc) is 2.36. The van der Waals surface area contributed by atoms with Gasteiger partial charge in [-0.05, 0) is 49.4 Å². The van der Waals surface area contributed by atoms with Gasteiger partial charge in [0.2, 0.25) is 5.91 Å². The third-order valence-corrected chi connectivity index (χ3v) is 4.01. The molecule has 104 valence electrons. The lowest BCUT2D eigenvalue weighted by atomic mass is 9.66. The minimum absolute atomic E-state index is 0.0207. The molecule has 0 spiro atoms. The van der Waals surface area contributed by atoms with Crippen molar-refractivity contribution < 1.29 is 9.53 Å². The molecule has 0 aliphatic heterocycles. The van der Waals surface area contributed by atoms with E-state index in [0.29, 0.717) is 18.7 Å². The summed E-state index contributed by atoms with van der Waals surface area (Å²) >= 11 is 0. The molecular weight excluding hydrogens is 240 g/mol. The van der Waals surface area contributed by atoms with E-state index in [2.05, 4.69) is 5.32 Å². The maximum Gasteiger partial charge on any atom is 0.225 e. The lowest BCUT2D eigenvalue weighted by Crippen LogP contribution is -2.40. The lowest BCUT2D eigenvalue weighted by molar-refractivity contribution is -0.119. The molecule has 1 aromatic rings. The van der Waals surface area contributed by atoms with Crippen molar-refractivity contribution in [2.24, 2.45) is 11.1 Å². The molecule has 1 amide bonds. The Morgan fingerprint density at radius 1 is 1.47 bits per heavy atom. The molecule has 4 nitrogen and oxygen atoms in total. The highest BCUT2D eigenvalue weighted by molar-refractivity contribution is 5.92. The van der Waals surface area contributed by atoms with Gasteiger partial charge < -0.3 is 15.8 Å². The molecule has 1 saturated carbocycles. The summed E-state index contributed by atoms with van der Waals surface area (Å²) in [4.78, 5) is 12.1. The normalized spacial score (nSPS) is 16.6. The number of anilines is 1. The van der Waals surface area contributed by atoms with E-state index in [9.17, 15) is 4.79 Å². The highest BCUT2D eigenvalue weighted by atomic mass is 16.5. The Balaban J connectivity index is 2.02. The van der Waals surface area contributed by atoms with Gasteiger partial charge in [-0.15, -0.1) is 0 Å². The number of carbonyl (C=O) groups excluding carboxylic acids is 1. The van der Waals surface area contributed by atoms with Crippen LogP contribution in [-0.4, -0.2) is 19.6 Å². The van der Waals surface area contributed by atoms with Gasteiger partial charge in [-0.3, -0.25) is 4.79 Å². The quantitative estimate of drug-likeness (QED) is 0.856. The summed E-state index contributed by atoms with van der Waals surface area (Å²) in [7, 11) is 1.61. The number of hydrogen-bond acceptors (Lipinski definition) is 3. The van der Waals surface area contributed by atoms with Gasteiger partial charge in [-0.1, -0.05) is 12.5 Å². The molecule has 1 aliphatic rings. The Labute approximate surface area is 114 Å². The highest BCUT2D eigenvalue weighted by Gasteiger charge is 2.37. The predicted molar refractivity (Wildman–Crippen MR) is 76.3 cm³/mol. The number of carbonyl (C=O) groups is 1. The number of methoxy groups -OCH3 is 1. The molecule has 0 radical (unpaired) electrons. The molecule has 3 N–H and O–H groups in total. The molecule has 0 heterocycles. The van der Waals surface area contributed by atoms with Gasteiger partial charge in [0.1, 0.15) is 5.75 Å². The van der Waals surface area contributed by atoms with E-state index in [4.69, 9.17) is 10.5 Å². The van der Waals surface area contributed by atoms with Crippen molar-refractivity contribution in [3.63, 3.8) is 0 Å². The van der Waals surface area contributed by atoms with E-state index in [1.165, 1.54) is 6.42 Å². The summed E-state index contributed by atoms with van der Waals surface area (Å²) in [5, 5.41) is 2.93. The van der Waals surface area contributed by atoms with Crippen LogP contribution in [0.3, 0.4) is 0 Å². The molecule has 0 unspecified atom stereocenters. The fourth-order valence-electron chi connectivity index (χ4n) is 2.57. The van der Waals surface area contributed by atoms with Crippen molar-refractivity contribution >= 4 is 11.6 Å². The molecule has 0 aromatic heterocycles. The molecule has 4 heteroatoms. The number of hydrogen-bond donors (Lipinski definition) is 2. The van der Waals surface area contributed by atoms with Gasteiger partial charge in [-0.2, -0.15) is 0 Å². The number of nitrogens with two attached hydrogens (primary N) is 1. The Hall–Kier alpha value is -1.55. The molecule has 2 rings (SSSR count). The fraction of sp³-hybridized carbons (Fsp3) is 0.533. The summed E-state index contributed by atoms with van der Waals surface area (Å²) in [6, 6.07) is 5.75. The monoisotopic (exact) mass is 262 g/mol. The minimum Gasteiger partial charge on any atom is -0.495 e. The Kier molecular flexibility index (Phi) is 4.10. The minimum atomic E-state index is 0.0207. The van der Waals surface area contributed by atoms with Crippen LogP contribution in [-0.2, 0) is 4.79 Å². The summed E-state index contributed by atoms with van der Waals surface area (Å²) in [5.74, 6) is 0.719. The SMILES string of the molecule is COc1cc(C)ccc1NC(=O)CC1(CN)CCC1. The summed E-state index contributed by atoms with van der Waals surface area (Å²) in [5.41, 5.74) is 7.64. The van der Waals surface area contributed by atoms with Gasteiger partial charge in [0.25, 0.3) is 0 Å². The number of amides is 1. The van der Waals surface area contributed by atoms with Gasteiger partial charge in [-0.25, -0.2) is 0 Å². The third kappa shape index (κ3) is 3.07. The van der Waals surface area contributed by atoms with Crippen LogP contribution < -0.4 is 15.8 Å². The lowest BCUT2D eigenvalue weighted by Gasteiger charge is -2.40. The van der Waals surface area contributed by atoms with Crippen LogP contribution in [0.15, 0.2) is 18.2 Å². The van der Waals surface area contributed by atoms with Crippen LogP contribution in [0.1, 0.15) is 31.2 Å². The summed E-state index contributed by atoms with van der Waals surface area (Å²) < 4.78 is 5.28. The zero-order valence-corrected chi connectivity index (χ0v) is 11.7. The molecule has 0 atom stereocenters. The van der Waals surface area contributed by atoms with Crippen molar-refractivity contribution in [1.82, 2.24) is 0 Å². The first-order valence-electron chi connectivity index (χ1n) is 6.73. The molecule has 19 heavy (non-hydrogen) atoms. The zero-order chi connectivity index (χ0) is 13.9. The third-order valence-electron chi connectivity index (χ3n) is 4.01. The van der Waals surface area contributed by atoms with Gasteiger partial charge in [0.15, 0.2) is 0 Å². The van der Waals surface area contributed by atoms with Crippen LogP contribution in [0, 0.1) is 12.3 Å². The topological polar surface area (TPSA) is 64.3 Å². The molecular formula is C15H22N2O2. The van der Waals surface area contributed by atoms with Crippen molar-refractivity contribution in [3.05, 3.63) is 23.8 Å². The van der Waals surface area contributed by atoms with Crippen molar-refractivity contribution in [3.8, 4) is 5.75 Å². The maximum absolute atomic E-state index is 12.1. The Bertz CT molecular complexity index is 462. The second-order valence-electron chi connectivity index (χ2n) is 5.49. The van der Waals surface area contributed by atoms with Crippen LogP contribution in [0.25, 0.3) is 0 Å². The average molecular weight is 262 g/mol. The largest absolute Gasteiger partial charge is 0.495 e. The number of nitrogens with one attached hydrogen (secondary N) is 1. The first-order valence-corrected chi connectivity index (χ1v) is 6.73. The van der Waals surface area contributed by atoms with E-state index in [-0.39, 0.29) is 11.3 Å². The number of aryl methyl sites for hydroxylation is 1. The summed E-state index contributed by atoms with van der Waals surface area (Å²) in [6.07, 6.45) is 3.79. The van der Waals surface area contributed by atoms with Crippen molar-refractivity contribution in [2.75, 3.05) is 19.0 Å². The fourth-order valence-corrected chi connectivity index (χ4v) is 2.57. The van der Waals surface area contributed by atoms with Crippen LogP contribution in [0.2, 0.25) is 0 Å². The zero-order valence-electron chi connectivity index (χ0n) is 11.7. The summed E-state index contributed by atoms with van der Waals surface area (Å²) in [6.45, 7) is 2.58. The van der Waals surface area contributed by atoms with E-state index in [0.717, 1.165) is 24.1 Å². The van der Waals surface area contributed by atoms with Gasteiger partial charge in [0, 0.05) is 6.42 Å². The molecule has 1 aliphatic carbocycles. The first-order chi connectivity index (χ1) is 9.08. The van der Waals surface area contributed by atoms with Crippen LogP contribution in [0.5, 0.6) is 5.75 Å². The van der Waals surface area contributed by atoms with E-state index in [1.54, 1.807) is 7.11 Å². The second kappa shape index (κ2) is 5.61. The molecule has 1 fully saturated rings. The molecule has 0 saturated heterocycles. The van der Waals surface area contributed by atoms with E-state index >= 15 is 0 Å². The second-order valence-corrected chi connectivity index (χ2v) is 5.49. The smallest absolute Gasteiger partial charge is 0.225 e. The molecule has 1 aromatic carbocycles. The highest BCUT2D eigenvalue weighted by Crippen LogP contribution is 2.43. The maximum atomic E-state index is 12.1.